The Bertz CT molecular complexity index is 846. The number of para-hydroxylation sites is 2. The second-order valence-corrected chi connectivity index (χ2v) is 8.55. The number of carbonyl (C=O) groups is 1. The van der Waals surface area contributed by atoms with Crippen molar-refractivity contribution >= 4 is 39.8 Å². The first-order valence-corrected chi connectivity index (χ1v) is 10.5. The Labute approximate surface area is 166 Å². The number of nitrogens with zero attached hydrogens (tertiary/aromatic N) is 3. The SMILES string of the molecule is CCOc1ccccc1Nc1nnc(SCC(=O)N[C@](C)(C#N)C2CC2)s1. The summed E-state index contributed by atoms with van der Waals surface area (Å²) in [5.74, 6) is 1.05. The average molecular weight is 404 g/mol. The van der Waals surface area contributed by atoms with E-state index in [1.165, 1.54) is 23.1 Å². The van der Waals surface area contributed by atoms with Crippen LogP contribution in [0.25, 0.3) is 0 Å². The Morgan fingerprint density at radius 1 is 1.44 bits per heavy atom. The van der Waals surface area contributed by atoms with Crippen molar-refractivity contribution in [1.82, 2.24) is 15.5 Å². The first kappa shape index (κ1) is 19.5. The maximum atomic E-state index is 12.2. The van der Waals surface area contributed by atoms with E-state index in [2.05, 4.69) is 26.9 Å². The van der Waals surface area contributed by atoms with E-state index in [0.717, 1.165) is 24.3 Å². The molecule has 1 aliphatic carbocycles. The highest BCUT2D eigenvalue weighted by molar-refractivity contribution is 8.01. The molecule has 1 fully saturated rings. The van der Waals surface area contributed by atoms with Crippen molar-refractivity contribution in [2.75, 3.05) is 17.7 Å². The van der Waals surface area contributed by atoms with E-state index in [9.17, 15) is 10.1 Å². The molecule has 1 saturated carbocycles. The quantitative estimate of drug-likeness (QED) is 0.617. The lowest BCUT2D eigenvalue weighted by Gasteiger charge is -2.22. The van der Waals surface area contributed by atoms with Crippen LogP contribution in [0.1, 0.15) is 26.7 Å². The maximum Gasteiger partial charge on any atom is 0.231 e. The Hall–Kier alpha value is -2.31. The minimum absolute atomic E-state index is 0.164. The third kappa shape index (κ3) is 5.11. The lowest BCUT2D eigenvalue weighted by atomic mass is 9.98. The molecule has 1 aromatic heterocycles. The highest BCUT2D eigenvalue weighted by Crippen LogP contribution is 2.39. The predicted molar refractivity (Wildman–Crippen MR) is 106 cm³/mol. The van der Waals surface area contributed by atoms with E-state index >= 15 is 0 Å². The molecular weight excluding hydrogens is 382 g/mol. The van der Waals surface area contributed by atoms with Crippen molar-refractivity contribution in [1.29, 1.82) is 5.26 Å². The van der Waals surface area contributed by atoms with Gasteiger partial charge >= 0.3 is 0 Å². The average Bonchev–Trinajstić information content (AvgIpc) is 3.43. The summed E-state index contributed by atoms with van der Waals surface area (Å²) >= 11 is 2.68. The number of anilines is 2. The number of amides is 1. The zero-order valence-corrected chi connectivity index (χ0v) is 16.8. The number of thioether (sulfide) groups is 1. The van der Waals surface area contributed by atoms with Gasteiger partial charge in [0.25, 0.3) is 0 Å². The molecule has 0 saturated heterocycles. The highest BCUT2D eigenvalue weighted by atomic mass is 32.2. The Morgan fingerprint density at radius 3 is 2.93 bits per heavy atom. The summed E-state index contributed by atoms with van der Waals surface area (Å²) in [5.41, 5.74) is 0.0492. The number of rotatable bonds is 9. The minimum Gasteiger partial charge on any atom is -0.492 e. The van der Waals surface area contributed by atoms with E-state index in [1.54, 1.807) is 6.92 Å². The van der Waals surface area contributed by atoms with Gasteiger partial charge in [0.1, 0.15) is 11.3 Å². The summed E-state index contributed by atoms with van der Waals surface area (Å²) in [6, 6.07) is 9.85. The fourth-order valence-electron chi connectivity index (χ4n) is 2.62. The fourth-order valence-corrected chi connectivity index (χ4v) is 4.18. The molecule has 9 heteroatoms. The Morgan fingerprint density at radius 2 is 2.22 bits per heavy atom. The van der Waals surface area contributed by atoms with Crippen LogP contribution in [0, 0.1) is 17.2 Å². The molecule has 0 spiro atoms. The molecule has 1 heterocycles. The van der Waals surface area contributed by atoms with Crippen molar-refractivity contribution in [3.8, 4) is 11.8 Å². The van der Waals surface area contributed by atoms with Crippen LogP contribution >= 0.6 is 23.1 Å². The van der Waals surface area contributed by atoms with Gasteiger partial charge in [-0.25, -0.2) is 0 Å². The first-order chi connectivity index (χ1) is 13.0. The van der Waals surface area contributed by atoms with Gasteiger partial charge < -0.3 is 15.4 Å². The third-order valence-corrected chi connectivity index (χ3v) is 6.16. The monoisotopic (exact) mass is 403 g/mol. The van der Waals surface area contributed by atoms with Gasteiger partial charge in [-0.05, 0) is 44.7 Å². The zero-order chi connectivity index (χ0) is 19.3. The van der Waals surface area contributed by atoms with Crippen molar-refractivity contribution < 1.29 is 9.53 Å². The minimum atomic E-state index is -0.769. The molecule has 1 atom stereocenters. The Balaban J connectivity index is 1.54. The topological polar surface area (TPSA) is 99.9 Å². The number of nitriles is 1. The van der Waals surface area contributed by atoms with Crippen LogP contribution in [0.5, 0.6) is 5.75 Å². The molecule has 0 aliphatic heterocycles. The van der Waals surface area contributed by atoms with Crippen LogP contribution in [-0.4, -0.2) is 34.0 Å². The van der Waals surface area contributed by atoms with Gasteiger partial charge in [0.05, 0.1) is 24.1 Å². The van der Waals surface area contributed by atoms with Gasteiger partial charge in [-0.1, -0.05) is 35.2 Å². The summed E-state index contributed by atoms with van der Waals surface area (Å²) in [5, 5.41) is 24.2. The van der Waals surface area contributed by atoms with E-state index in [0.29, 0.717) is 16.1 Å². The molecule has 3 rings (SSSR count). The van der Waals surface area contributed by atoms with Crippen molar-refractivity contribution in [2.45, 2.75) is 36.6 Å². The number of nitrogens with one attached hydrogen (secondary N) is 2. The molecule has 1 amide bonds. The van der Waals surface area contributed by atoms with Crippen molar-refractivity contribution in [2.24, 2.45) is 5.92 Å². The van der Waals surface area contributed by atoms with Crippen molar-refractivity contribution in [3.05, 3.63) is 24.3 Å². The third-order valence-electron chi connectivity index (χ3n) is 4.19. The van der Waals surface area contributed by atoms with Crippen LogP contribution < -0.4 is 15.4 Å². The summed E-state index contributed by atoms with van der Waals surface area (Å²) in [6.45, 7) is 4.30. The molecule has 142 valence electrons. The Kier molecular flexibility index (Phi) is 6.19. The zero-order valence-electron chi connectivity index (χ0n) is 15.2. The standard InChI is InChI=1S/C18H21N5O2S2/c1-3-25-14-7-5-4-6-13(14)20-16-22-23-17(27-16)26-10-15(24)21-18(2,11-19)12-8-9-12/h4-7,12H,3,8-10H2,1-2H3,(H,20,22)(H,21,24)/t18-/m1/s1. The van der Waals surface area contributed by atoms with Gasteiger partial charge in [-0.3, -0.25) is 4.79 Å². The van der Waals surface area contributed by atoms with Gasteiger partial charge in [0, 0.05) is 0 Å². The number of carbonyl (C=O) groups excluding carboxylic acids is 1. The smallest absolute Gasteiger partial charge is 0.231 e. The molecule has 2 aromatic rings. The molecule has 7 nitrogen and oxygen atoms in total. The van der Waals surface area contributed by atoms with Crippen LogP contribution in [0.4, 0.5) is 10.8 Å². The molecule has 2 N–H and O–H groups in total. The molecule has 1 aromatic carbocycles. The molecule has 0 bridgehead atoms. The van der Waals surface area contributed by atoms with E-state index in [4.69, 9.17) is 4.74 Å². The summed E-state index contributed by atoms with van der Waals surface area (Å²) in [7, 11) is 0. The number of ether oxygens (including phenoxy) is 1. The van der Waals surface area contributed by atoms with Gasteiger partial charge in [0.15, 0.2) is 4.34 Å². The van der Waals surface area contributed by atoms with Crippen molar-refractivity contribution in [3.63, 3.8) is 0 Å². The van der Waals surface area contributed by atoms with Crippen LogP contribution in [0.3, 0.4) is 0 Å². The lowest BCUT2D eigenvalue weighted by molar-refractivity contribution is -0.119. The van der Waals surface area contributed by atoms with E-state index < -0.39 is 5.54 Å². The lowest BCUT2D eigenvalue weighted by Crippen LogP contribution is -2.47. The van der Waals surface area contributed by atoms with E-state index in [1.807, 2.05) is 31.2 Å². The normalized spacial score (nSPS) is 15.4. The highest BCUT2D eigenvalue weighted by Gasteiger charge is 2.42. The molecule has 0 radical (unpaired) electrons. The predicted octanol–water partition coefficient (Wildman–Crippen LogP) is 3.58. The largest absolute Gasteiger partial charge is 0.492 e. The molecular formula is C18H21N5O2S2. The number of hydrogen-bond acceptors (Lipinski definition) is 8. The number of hydrogen-bond donors (Lipinski definition) is 2. The van der Waals surface area contributed by atoms with Gasteiger partial charge in [0.2, 0.25) is 11.0 Å². The molecule has 27 heavy (non-hydrogen) atoms. The van der Waals surface area contributed by atoms with Gasteiger partial charge in [-0.2, -0.15) is 5.26 Å². The van der Waals surface area contributed by atoms with Crippen LogP contribution in [0.2, 0.25) is 0 Å². The molecule has 1 aliphatic rings. The molecule has 0 unspecified atom stereocenters. The maximum absolute atomic E-state index is 12.2. The van der Waals surface area contributed by atoms with Gasteiger partial charge in [-0.15, -0.1) is 10.2 Å². The summed E-state index contributed by atoms with van der Waals surface area (Å²) in [4.78, 5) is 12.2. The summed E-state index contributed by atoms with van der Waals surface area (Å²) in [6.07, 6.45) is 1.98. The number of benzene rings is 1. The first-order valence-electron chi connectivity index (χ1n) is 8.71. The second-order valence-electron chi connectivity index (χ2n) is 6.35. The van der Waals surface area contributed by atoms with E-state index in [-0.39, 0.29) is 17.6 Å². The number of aromatic nitrogens is 2. The van der Waals surface area contributed by atoms with Crippen LogP contribution in [-0.2, 0) is 4.79 Å². The second kappa shape index (κ2) is 8.59. The fraction of sp³-hybridized carbons (Fsp3) is 0.444. The van der Waals surface area contributed by atoms with Crippen LogP contribution in [0.15, 0.2) is 28.6 Å². The summed E-state index contributed by atoms with van der Waals surface area (Å²) < 4.78 is 6.27.